The number of fused-ring (bicyclic) bond motifs is 7. The van der Waals surface area contributed by atoms with Crippen LogP contribution in [0.4, 0.5) is 0 Å². The molecule has 0 bridgehead atoms. The van der Waals surface area contributed by atoms with Crippen LogP contribution < -0.4 is 0 Å². The number of nitrogens with zero attached hydrogens (tertiary/aromatic N) is 3. The number of hydrogen-bond acceptors (Lipinski definition) is 5. The Balaban J connectivity index is 1.29. The van der Waals surface area contributed by atoms with Gasteiger partial charge in [-0.05, 0) is 70.4 Å². The van der Waals surface area contributed by atoms with Crippen LogP contribution in [0, 0.1) is 0 Å². The summed E-state index contributed by atoms with van der Waals surface area (Å²) in [4.78, 5) is 15.6. The molecule has 10 rings (SSSR count). The second-order valence-electron chi connectivity index (χ2n) is 12.0. The van der Waals surface area contributed by atoms with Crippen LogP contribution >= 0.6 is 0 Å². The maximum absolute atomic E-state index is 6.38. The van der Waals surface area contributed by atoms with Gasteiger partial charge in [0.15, 0.2) is 17.5 Å². The lowest BCUT2D eigenvalue weighted by Gasteiger charge is -2.14. The molecule has 0 atom stereocenters. The number of para-hydroxylation sites is 2. The van der Waals surface area contributed by atoms with E-state index in [-0.39, 0.29) is 0 Å². The summed E-state index contributed by atoms with van der Waals surface area (Å²) in [6, 6.07) is 51.6. The van der Waals surface area contributed by atoms with E-state index >= 15 is 0 Å². The van der Waals surface area contributed by atoms with Gasteiger partial charge in [-0.2, -0.15) is 0 Å². The number of aromatic nitrogens is 3. The minimum Gasteiger partial charge on any atom is -0.456 e. The van der Waals surface area contributed by atoms with Crippen molar-refractivity contribution in [3.63, 3.8) is 0 Å². The minimum atomic E-state index is 0.580. The van der Waals surface area contributed by atoms with Gasteiger partial charge in [0.25, 0.3) is 0 Å². The van der Waals surface area contributed by atoms with Gasteiger partial charge in [0.2, 0.25) is 0 Å². The average molecular weight is 616 g/mol. The van der Waals surface area contributed by atoms with Crippen LogP contribution in [0.25, 0.3) is 99.9 Å². The van der Waals surface area contributed by atoms with Gasteiger partial charge in [-0.1, -0.05) is 103 Å². The fourth-order valence-corrected chi connectivity index (χ4v) is 6.85. The fourth-order valence-electron chi connectivity index (χ4n) is 6.85. The van der Waals surface area contributed by atoms with Crippen LogP contribution in [-0.4, -0.2) is 15.0 Å². The zero-order valence-corrected chi connectivity index (χ0v) is 25.6. The quantitative estimate of drug-likeness (QED) is 0.197. The molecule has 5 heteroatoms. The molecule has 0 saturated carbocycles. The maximum Gasteiger partial charge on any atom is 0.165 e. The molecule has 10 aromatic rings. The average Bonchev–Trinajstić information content (AvgIpc) is 3.72. The standard InChI is InChI=1S/C43H25N3O2/c1-2-11-27(12-3-1)31-21-23-38-39(33-15-7-9-17-36(33)48-38)40(31)43-45-41(29-19-18-26-10-4-5-13-28(26)24-29)44-42(46-43)30-20-22-37-34(25-30)32-14-6-8-16-35(32)47-37/h1-25H. The molecule has 3 aromatic heterocycles. The van der Waals surface area contributed by atoms with Gasteiger partial charge in [-0.15, -0.1) is 0 Å². The Kier molecular flexibility index (Phi) is 5.81. The van der Waals surface area contributed by atoms with Crippen molar-refractivity contribution in [3.8, 4) is 45.3 Å². The van der Waals surface area contributed by atoms with E-state index in [0.29, 0.717) is 17.5 Å². The molecule has 0 unspecified atom stereocenters. The first kappa shape index (κ1) is 26.6. The molecule has 7 aromatic carbocycles. The Morgan fingerprint density at radius 2 is 0.938 bits per heavy atom. The highest BCUT2D eigenvalue weighted by Crippen LogP contribution is 2.42. The highest BCUT2D eigenvalue weighted by molar-refractivity contribution is 6.15. The minimum absolute atomic E-state index is 0.580. The lowest BCUT2D eigenvalue weighted by atomic mass is 9.94. The zero-order chi connectivity index (χ0) is 31.6. The van der Waals surface area contributed by atoms with Crippen LogP contribution in [-0.2, 0) is 0 Å². The first-order valence-corrected chi connectivity index (χ1v) is 15.9. The van der Waals surface area contributed by atoms with Gasteiger partial charge in [0.05, 0.1) is 0 Å². The Hall–Kier alpha value is -6.59. The Bertz CT molecular complexity index is 2850. The first-order valence-electron chi connectivity index (χ1n) is 15.9. The third kappa shape index (κ3) is 4.22. The van der Waals surface area contributed by atoms with Crippen molar-refractivity contribution in [2.24, 2.45) is 0 Å². The predicted octanol–water partition coefficient (Wildman–Crippen LogP) is 11.5. The van der Waals surface area contributed by atoms with E-state index < -0.39 is 0 Å². The predicted molar refractivity (Wildman–Crippen MR) is 194 cm³/mol. The summed E-state index contributed by atoms with van der Waals surface area (Å²) >= 11 is 0. The summed E-state index contributed by atoms with van der Waals surface area (Å²) in [6.45, 7) is 0. The third-order valence-electron chi connectivity index (χ3n) is 9.13. The van der Waals surface area contributed by atoms with E-state index in [1.165, 1.54) is 0 Å². The Morgan fingerprint density at radius 3 is 1.77 bits per heavy atom. The monoisotopic (exact) mass is 615 g/mol. The van der Waals surface area contributed by atoms with E-state index in [1.54, 1.807) is 0 Å². The molecule has 0 aliphatic rings. The lowest BCUT2D eigenvalue weighted by molar-refractivity contribution is 0.668. The first-order chi connectivity index (χ1) is 23.8. The van der Waals surface area contributed by atoms with Gasteiger partial charge < -0.3 is 8.83 Å². The van der Waals surface area contributed by atoms with E-state index in [2.05, 4.69) is 91.0 Å². The van der Waals surface area contributed by atoms with Crippen LogP contribution in [0.3, 0.4) is 0 Å². The van der Waals surface area contributed by atoms with Crippen LogP contribution in [0.15, 0.2) is 160 Å². The van der Waals surface area contributed by atoms with E-state index in [4.69, 9.17) is 23.8 Å². The van der Waals surface area contributed by atoms with Gasteiger partial charge in [0.1, 0.15) is 22.3 Å². The number of hydrogen-bond donors (Lipinski definition) is 0. The molecule has 0 N–H and O–H groups in total. The maximum atomic E-state index is 6.38. The largest absolute Gasteiger partial charge is 0.456 e. The van der Waals surface area contributed by atoms with Crippen molar-refractivity contribution in [1.29, 1.82) is 0 Å². The zero-order valence-electron chi connectivity index (χ0n) is 25.6. The summed E-state index contributed by atoms with van der Waals surface area (Å²) < 4.78 is 12.5. The molecule has 0 fully saturated rings. The van der Waals surface area contributed by atoms with Crippen molar-refractivity contribution in [2.45, 2.75) is 0 Å². The van der Waals surface area contributed by atoms with Gasteiger partial charge in [-0.3, -0.25) is 0 Å². The molecule has 48 heavy (non-hydrogen) atoms. The number of furan rings is 2. The molecule has 0 amide bonds. The van der Waals surface area contributed by atoms with E-state index in [0.717, 1.165) is 82.5 Å². The van der Waals surface area contributed by atoms with Crippen molar-refractivity contribution in [1.82, 2.24) is 15.0 Å². The van der Waals surface area contributed by atoms with Gasteiger partial charge in [0, 0.05) is 38.2 Å². The van der Waals surface area contributed by atoms with Crippen LogP contribution in [0.1, 0.15) is 0 Å². The SMILES string of the molecule is c1ccc(-c2ccc3oc4ccccc4c3c2-c2nc(-c3ccc4ccccc4c3)nc(-c3ccc4oc5ccccc5c4c3)n2)cc1. The fraction of sp³-hybridized carbons (Fsp3) is 0. The molecular formula is C43H25N3O2. The second kappa shape index (κ2) is 10.5. The molecule has 3 heterocycles. The van der Waals surface area contributed by atoms with Crippen LogP contribution in [0.2, 0.25) is 0 Å². The molecule has 5 nitrogen and oxygen atoms in total. The van der Waals surface area contributed by atoms with Crippen LogP contribution in [0.5, 0.6) is 0 Å². The smallest absolute Gasteiger partial charge is 0.165 e. The lowest BCUT2D eigenvalue weighted by Crippen LogP contribution is -2.01. The summed E-state index contributed by atoms with van der Waals surface area (Å²) in [5.41, 5.74) is 8.07. The summed E-state index contributed by atoms with van der Waals surface area (Å²) in [6.07, 6.45) is 0. The summed E-state index contributed by atoms with van der Waals surface area (Å²) in [5, 5.41) is 6.35. The molecule has 0 spiro atoms. The van der Waals surface area contributed by atoms with Gasteiger partial charge in [-0.25, -0.2) is 15.0 Å². The topological polar surface area (TPSA) is 65.0 Å². The Labute approximate surface area is 274 Å². The summed E-state index contributed by atoms with van der Waals surface area (Å²) in [5.74, 6) is 1.76. The highest BCUT2D eigenvalue weighted by atomic mass is 16.3. The van der Waals surface area contributed by atoms with Crippen molar-refractivity contribution < 1.29 is 8.83 Å². The second-order valence-corrected chi connectivity index (χ2v) is 12.0. The Morgan fingerprint density at radius 1 is 0.354 bits per heavy atom. The van der Waals surface area contributed by atoms with E-state index in [1.807, 2.05) is 60.7 Å². The third-order valence-corrected chi connectivity index (χ3v) is 9.13. The number of rotatable bonds is 4. The van der Waals surface area contributed by atoms with E-state index in [9.17, 15) is 0 Å². The normalized spacial score (nSPS) is 11.8. The molecule has 0 saturated heterocycles. The molecule has 224 valence electrons. The van der Waals surface area contributed by atoms with Crippen molar-refractivity contribution in [3.05, 3.63) is 152 Å². The molecule has 0 radical (unpaired) electrons. The molecule has 0 aliphatic heterocycles. The molecule has 0 aliphatic carbocycles. The summed E-state index contributed by atoms with van der Waals surface area (Å²) in [7, 11) is 0. The number of benzene rings is 7. The van der Waals surface area contributed by atoms with Crippen molar-refractivity contribution in [2.75, 3.05) is 0 Å². The molecular weight excluding hydrogens is 590 g/mol. The van der Waals surface area contributed by atoms with Gasteiger partial charge >= 0.3 is 0 Å². The highest BCUT2D eigenvalue weighted by Gasteiger charge is 2.22. The van der Waals surface area contributed by atoms with Crippen molar-refractivity contribution >= 4 is 54.6 Å².